The van der Waals surface area contributed by atoms with Gasteiger partial charge in [0.1, 0.15) is 6.04 Å². The van der Waals surface area contributed by atoms with Gasteiger partial charge in [-0.25, -0.2) is 4.90 Å². The van der Waals surface area contributed by atoms with Gasteiger partial charge in [-0.2, -0.15) is 0 Å². The molecule has 0 bridgehead atoms. The minimum Gasteiger partial charge on any atom is -0.336 e. The molecule has 1 fully saturated rings. The molecular weight excluding hydrogens is 406 g/mol. The van der Waals surface area contributed by atoms with Gasteiger partial charge in [0.15, 0.2) is 5.11 Å². The van der Waals surface area contributed by atoms with Crippen molar-refractivity contribution in [3.05, 3.63) is 96.6 Å². The Bertz CT molecular complexity index is 1060. The zero-order chi connectivity index (χ0) is 21.6. The van der Waals surface area contributed by atoms with E-state index >= 15 is 0 Å². The van der Waals surface area contributed by atoms with Crippen molar-refractivity contribution in [1.29, 1.82) is 0 Å². The van der Waals surface area contributed by atoms with E-state index in [0.29, 0.717) is 23.8 Å². The monoisotopic (exact) mass is 429 g/mol. The summed E-state index contributed by atoms with van der Waals surface area (Å²) in [5, 5.41) is 3.65. The van der Waals surface area contributed by atoms with Crippen molar-refractivity contribution in [1.82, 2.24) is 4.90 Å². The second-order valence-corrected chi connectivity index (χ2v) is 7.73. The first-order valence-electron chi connectivity index (χ1n) is 10.2. The highest BCUT2D eigenvalue weighted by Gasteiger charge is 2.43. The van der Waals surface area contributed by atoms with Gasteiger partial charge in [0, 0.05) is 12.2 Å². The molecule has 3 aromatic carbocycles. The van der Waals surface area contributed by atoms with Crippen molar-refractivity contribution in [2.45, 2.75) is 18.9 Å². The van der Waals surface area contributed by atoms with Crippen molar-refractivity contribution in [3.8, 4) is 0 Å². The average molecular weight is 430 g/mol. The molecule has 1 atom stereocenters. The topological polar surface area (TPSA) is 52.7 Å². The summed E-state index contributed by atoms with van der Waals surface area (Å²) >= 11 is 5.69. The van der Waals surface area contributed by atoms with Gasteiger partial charge in [0.2, 0.25) is 5.91 Å². The minimum atomic E-state index is -0.639. The molecule has 1 aliphatic heterocycles. The van der Waals surface area contributed by atoms with E-state index in [4.69, 9.17) is 12.2 Å². The van der Waals surface area contributed by atoms with E-state index in [9.17, 15) is 9.59 Å². The average Bonchev–Trinajstić information content (AvgIpc) is 3.09. The van der Waals surface area contributed by atoms with Crippen LogP contribution >= 0.6 is 12.2 Å². The SMILES string of the molecule is O=C1C[C@@H](N(CCc2ccccc2)C(=S)Nc2ccccc2)C(=O)N1c1ccccc1. The van der Waals surface area contributed by atoms with E-state index in [1.54, 1.807) is 12.1 Å². The number of hydrogen-bond acceptors (Lipinski definition) is 3. The molecule has 1 heterocycles. The quantitative estimate of drug-likeness (QED) is 0.469. The second-order valence-electron chi connectivity index (χ2n) is 7.35. The Morgan fingerprint density at radius 2 is 1.48 bits per heavy atom. The summed E-state index contributed by atoms with van der Waals surface area (Å²) in [6.07, 6.45) is 0.805. The first-order chi connectivity index (χ1) is 15.1. The maximum Gasteiger partial charge on any atom is 0.257 e. The Hall–Kier alpha value is -3.51. The molecule has 0 spiro atoms. The number of para-hydroxylation sites is 2. The van der Waals surface area contributed by atoms with Crippen LogP contribution in [0, 0.1) is 0 Å². The van der Waals surface area contributed by atoms with E-state index in [2.05, 4.69) is 5.32 Å². The highest BCUT2D eigenvalue weighted by atomic mass is 32.1. The lowest BCUT2D eigenvalue weighted by atomic mass is 10.1. The largest absolute Gasteiger partial charge is 0.336 e. The molecule has 0 unspecified atom stereocenters. The summed E-state index contributed by atoms with van der Waals surface area (Å²) in [6.45, 7) is 0.523. The van der Waals surface area contributed by atoms with Crippen LogP contribution in [0.3, 0.4) is 0 Å². The fourth-order valence-corrected chi connectivity index (χ4v) is 4.05. The van der Waals surface area contributed by atoms with Crippen LogP contribution in [-0.2, 0) is 16.0 Å². The number of imide groups is 1. The molecule has 3 aromatic rings. The number of carbonyl (C=O) groups is 2. The van der Waals surface area contributed by atoms with Gasteiger partial charge in [-0.3, -0.25) is 9.59 Å². The Labute approximate surface area is 187 Å². The van der Waals surface area contributed by atoms with Crippen molar-refractivity contribution in [2.75, 3.05) is 16.8 Å². The van der Waals surface area contributed by atoms with E-state index in [0.717, 1.165) is 11.3 Å². The Kier molecular flexibility index (Phi) is 6.38. The molecule has 1 aliphatic rings. The lowest BCUT2D eigenvalue weighted by Crippen LogP contribution is -2.48. The molecule has 0 aliphatic carbocycles. The van der Waals surface area contributed by atoms with Crippen molar-refractivity contribution in [2.24, 2.45) is 0 Å². The molecule has 0 radical (unpaired) electrons. The molecule has 6 heteroatoms. The van der Waals surface area contributed by atoms with E-state index in [-0.39, 0.29) is 18.2 Å². The zero-order valence-corrected chi connectivity index (χ0v) is 17.8. The van der Waals surface area contributed by atoms with E-state index in [1.807, 2.05) is 83.8 Å². The third kappa shape index (κ3) is 4.81. The summed E-state index contributed by atoms with van der Waals surface area (Å²) in [5.74, 6) is -0.463. The number of thiocarbonyl (C=S) groups is 1. The number of amides is 2. The summed E-state index contributed by atoms with van der Waals surface area (Å²) in [4.78, 5) is 29.2. The molecule has 0 aromatic heterocycles. The lowest BCUT2D eigenvalue weighted by molar-refractivity contribution is -0.122. The van der Waals surface area contributed by atoms with Crippen LogP contribution in [0.25, 0.3) is 0 Å². The standard InChI is InChI=1S/C25H23N3O2S/c29-23-18-22(24(30)28(23)21-14-8-3-9-15-21)27(17-16-19-10-4-1-5-11-19)25(31)26-20-12-6-2-7-13-20/h1-15,22H,16-18H2,(H,26,31)/t22-/m1/s1. The number of hydrogen-bond donors (Lipinski definition) is 1. The number of rotatable bonds is 6. The third-order valence-corrected chi connectivity index (χ3v) is 5.62. The van der Waals surface area contributed by atoms with Gasteiger partial charge < -0.3 is 10.2 Å². The van der Waals surface area contributed by atoms with Gasteiger partial charge in [-0.05, 0) is 48.5 Å². The minimum absolute atomic E-state index is 0.0964. The van der Waals surface area contributed by atoms with Crippen LogP contribution in [-0.4, -0.2) is 34.4 Å². The summed E-state index contributed by atoms with van der Waals surface area (Å²) in [5.41, 5.74) is 2.57. The number of carbonyl (C=O) groups excluding carboxylic acids is 2. The normalized spacial score (nSPS) is 15.7. The summed E-state index contributed by atoms with van der Waals surface area (Å²) in [6, 6.07) is 28.0. The van der Waals surface area contributed by atoms with Crippen LogP contribution in [0.5, 0.6) is 0 Å². The lowest BCUT2D eigenvalue weighted by Gasteiger charge is -2.30. The number of nitrogens with one attached hydrogen (secondary N) is 1. The Balaban J connectivity index is 1.57. The summed E-state index contributed by atoms with van der Waals surface area (Å²) in [7, 11) is 0. The number of nitrogens with zero attached hydrogens (tertiary/aromatic N) is 2. The fraction of sp³-hybridized carbons (Fsp3) is 0.160. The predicted octanol–water partition coefficient (Wildman–Crippen LogP) is 4.26. The molecule has 4 rings (SSSR count). The van der Waals surface area contributed by atoms with E-state index < -0.39 is 6.04 Å². The Morgan fingerprint density at radius 1 is 0.903 bits per heavy atom. The number of benzene rings is 3. The van der Waals surface area contributed by atoms with Gasteiger partial charge >= 0.3 is 0 Å². The molecule has 31 heavy (non-hydrogen) atoms. The Morgan fingerprint density at radius 3 is 2.13 bits per heavy atom. The number of anilines is 2. The molecule has 5 nitrogen and oxygen atoms in total. The summed E-state index contributed by atoms with van der Waals surface area (Å²) < 4.78 is 0. The van der Waals surface area contributed by atoms with Gasteiger partial charge in [0.05, 0.1) is 12.1 Å². The smallest absolute Gasteiger partial charge is 0.257 e. The van der Waals surface area contributed by atoms with Gasteiger partial charge in [0.25, 0.3) is 5.91 Å². The van der Waals surface area contributed by atoms with Gasteiger partial charge in [-0.1, -0.05) is 66.7 Å². The van der Waals surface area contributed by atoms with Crippen molar-refractivity contribution < 1.29 is 9.59 Å². The third-order valence-electron chi connectivity index (χ3n) is 5.28. The molecule has 2 amide bonds. The van der Waals surface area contributed by atoms with Crippen LogP contribution < -0.4 is 10.2 Å². The molecular formula is C25H23N3O2S. The van der Waals surface area contributed by atoms with Crippen LogP contribution in [0.1, 0.15) is 12.0 Å². The highest BCUT2D eigenvalue weighted by molar-refractivity contribution is 7.80. The van der Waals surface area contributed by atoms with E-state index in [1.165, 1.54) is 4.90 Å². The second kappa shape index (κ2) is 9.53. The van der Waals surface area contributed by atoms with Crippen molar-refractivity contribution in [3.63, 3.8) is 0 Å². The molecule has 156 valence electrons. The fourth-order valence-electron chi connectivity index (χ4n) is 3.72. The first-order valence-corrected chi connectivity index (χ1v) is 10.6. The molecule has 1 N–H and O–H groups in total. The van der Waals surface area contributed by atoms with Crippen LogP contribution in [0.15, 0.2) is 91.0 Å². The maximum absolute atomic E-state index is 13.3. The zero-order valence-electron chi connectivity index (χ0n) is 17.0. The maximum atomic E-state index is 13.3. The molecule has 0 saturated carbocycles. The highest BCUT2D eigenvalue weighted by Crippen LogP contribution is 2.26. The van der Waals surface area contributed by atoms with Gasteiger partial charge in [-0.15, -0.1) is 0 Å². The predicted molar refractivity (Wildman–Crippen MR) is 127 cm³/mol. The van der Waals surface area contributed by atoms with Crippen molar-refractivity contribution >= 4 is 40.5 Å². The first kappa shape index (κ1) is 20.8. The van der Waals surface area contributed by atoms with Crippen LogP contribution in [0.2, 0.25) is 0 Å². The molecule has 1 saturated heterocycles. The van der Waals surface area contributed by atoms with Crippen LogP contribution in [0.4, 0.5) is 11.4 Å².